The summed E-state index contributed by atoms with van der Waals surface area (Å²) < 4.78 is 0. The molecule has 5 heteroatoms. The molecule has 2 N–H and O–H groups in total. The molecule has 1 fully saturated rings. The van der Waals surface area contributed by atoms with Crippen LogP contribution >= 0.6 is 11.3 Å². The van der Waals surface area contributed by atoms with Crippen molar-refractivity contribution in [2.24, 2.45) is 5.92 Å². The molecule has 0 saturated heterocycles. The maximum Gasteiger partial charge on any atom is 0.266 e. The summed E-state index contributed by atoms with van der Waals surface area (Å²) in [6, 6.07) is 3.78. The number of nitrogen functional groups attached to an aromatic ring is 1. The van der Waals surface area contributed by atoms with Gasteiger partial charge in [0, 0.05) is 24.7 Å². The van der Waals surface area contributed by atoms with Gasteiger partial charge in [-0.15, -0.1) is 11.3 Å². The number of hydrogen-bond acceptors (Lipinski definition) is 4. The van der Waals surface area contributed by atoms with E-state index in [9.17, 15) is 4.79 Å². The first-order chi connectivity index (χ1) is 9.70. The van der Waals surface area contributed by atoms with Crippen LogP contribution in [-0.2, 0) is 0 Å². The van der Waals surface area contributed by atoms with Crippen LogP contribution in [0.5, 0.6) is 0 Å². The van der Waals surface area contributed by atoms with Crippen molar-refractivity contribution in [2.75, 3.05) is 18.8 Å². The van der Waals surface area contributed by atoms with Gasteiger partial charge in [-0.25, -0.2) is 4.98 Å². The van der Waals surface area contributed by atoms with Gasteiger partial charge in [-0.05, 0) is 37.8 Å². The van der Waals surface area contributed by atoms with Crippen LogP contribution in [0, 0.1) is 5.92 Å². The SMILES string of the molecule is CCN(CC1CCC1)C(=O)c1sc2ncccc2c1N. The summed E-state index contributed by atoms with van der Waals surface area (Å²) in [6.07, 6.45) is 5.52. The van der Waals surface area contributed by atoms with Gasteiger partial charge in [0.15, 0.2) is 0 Å². The van der Waals surface area contributed by atoms with E-state index in [0.29, 0.717) is 16.5 Å². The molecule has 1 aliphatic carbocycles. The predicted octanol–water partition coefficient (Wildman–Crippen LogP) is 3.14. The Labute approximate surface area is 122 Å². The summed E-state index contributed by atoms with van der Waals surface area (Å²) in [5.74, 6) is 0.729. The lowest BCUT2D eigenvalue weighted by molar-refractivity contribution is 0.0712. The Morgan fingerprint density at radius 1 is 1.55 bits per heavy atom. The lowest BCUT2D eigenvalue weighted by Crippen LogP contribution is -2.37. The Hall–Kier alpha value is -1.62. The summed E-state index contributed by atoms with van der Waals surface area (Å²) in [5.41, 5.74) is 6.71. The molecule has 0 unspecified atom stereocenters. The third kappa shape index (κ3) is 2.26. The highest BCUT2D eigenvalue weighted by Gasteiger charge is 2.26. The molecular formula is C15H19N3OS. The van der Waals surface area contributed by atoms with Crippen molar-refractivity contribution in [3.8, 4) is 0 Å². The first kappa shape index (κ1) is 13.4. The minimum Gasteiger partial charge on any atom is -0.397 e. The lowest BCUT2D eigenvalue weighted by atomic mass is 9.85. The van der Waals surface area contributed by atoms with Crippen LogP contribution in [0.15, 0.2) is 18.3 Å². The molecule has 4 nitrogen and oxygen atoms in total. The van der Waals surface area contributed by atoms with Crippen molar-refractivity contribution >= 4 is 33.1 Å². The molecule has 0 aliphatic heterocycles. The van der Waals surface area contributed by atoms with Gasteiger partial charge in [0.2, 0.25) is 0 Å². The van der Waals surface area contributed by atoms with Gasteiger partial charge in [0.1, 0.15) is 9.71 Å². The molecule has 2 heterocycles. The molecule has 0 radical (unpaired) electrons. The molecule has 2 aromatic rings. The van der Waals surface area contributed by atoms with Gasteiger partial charge in [0.25, 0.3) is 5.91 Å². The molecule has 0 bridgehead atoms. The lowest BCUT2D eigenvalue weighted by Gasteiger charge is -2.31. The van der Waals surface area contributed by atoms with E-state index >= 15 is 0 Å². The largest absolute Gasteiger partial charge is 0.397 e. The summed E-state index contributed by atoms with van der Waals surface area (Å²) >= 11 is 1.40. The van der Waals surface area contributed by atoms with Crippen molar-refractivity contribution in [1.29, 1.82) is 0 Å². The molecule has 1 amide bonds. The standard InChI is InChI=1S/C15H19N3OS/c1-2-18(9-10-5-3-6-10)15(19)13-12(16)11-7-4-8-17-14(11)20-13/h4,7-8,10H,2-3,5-6,9,16H2,1H3. The van der Waals surface area contributed by atoms with Crippen LogP contribution in [0.4, 0.5) is 5.69 Å². The van der Waals surface area contributed by atoms with E-state index in [1.165, 1.54) is 30.6 Å². The molecule has 0 spiro atoms. The normalized spacial score (nSPS) is 15.2. The Kier molecular flexibility index (Phi) is 3.61. The second-order valence-corrected chi connectivity index (χ2v) is 6.34. The number of hydrogen-bond donors (Lipinski definition) is 1. The van der Waals surface area contributed by atoms with Crippen molar-refractivity contribution < 1.29 is 4.79 Å². The Morgan fingerprint density at radius 3 is 2.95 bits per heavy atom. The number of carbonyl (C=O) groups is 1. The average Bonchev–Trinajstić information content (AvgIpc) is 2.75. The highest BCUT2D eigenvalue weighted by molar-refractivity contribution is 7.21. The van der Waals surface area contributed by atoms with Gasteiger partial charge >= 0.3 is 0 Å². The fourth-order valence-electron chi connectivity index (χ4n) is 2.60. The zero-order valence-corrected chi connectivity index (χ0v) is 12.4. The highest BCUT2D eigenvalue weighted by Crippen LogP contribution is 2.34. The third-order valence-corrected chi connectivity index (χ3v) is 5.19. The Balaban J connectivity index is 1.88. The number of carbonyl (C=O) groups excluding carboxylic acids is 1. The third-order valence-electron chi connectivity index (χ3n) is 4.07. The number of rotatable bonds is 4. The summed E-state index contributed by atoms with van der Waals surface area (Å²) in [5, 5.41) is 0.889. The van der Waals surface area contributed by atoms with Gasteiger partial charge < -0.3 is 10.6 Å². The van der Waals surface area contributed by atoms with Gasteiger partial charge in [0.05, 0.1) is 5.69 Å². The molecule has 3 rings (SSSR count). The number of nitrogens with two attached hydrogens (primary N) is 1. The monoisotopic (exact) mass is 289 g/mol. The fraction of sp³-hybridized carbons (Fsp3) is 0.467. The van der Waals surface area contributed by atoms with Crippen molar-refractivity contribution in [3.63, 3.8) is 0 Å². The molecule has 1 aliphatic rings. The van der Waals surface area contributed by atoms with Crippen LogP contribution in [0.1, 0.15) is 35.9 Å². The molecular weight excluding hydrogens is 270 g/mol. The van der Waals surface area contributed by atoms with Crippen LogP contribution in [0.25, 0.3) is 10.2 Å². The van der Waals surface area contributed by atoms with Crippen LogP contribution in [0.3, 0.4) is 0 Å². The number of fused-ring (bicyclic) bond motifs is 1. The van der Waals surface area contributed by atoms with E-state index in [1.54, 1.807) is 6.20 Å². The minimum absolute atomic E-state index is 0.0555. The zero-order valence-electron chi connectivity index (χ0n) is 11.6. The molecule has 2 aromatic heterocycles. The van der Waals surface area contributed by atoms with Gasteiger partial charge in [-0.2, -0.15) is 0 Å². The van der Waals surface area contributed by atoms with E-state index in [1.807, 2.05) is 24.0 Å². The van der Waals surface area contributed by atoms with Gasteiger partial charge in [-0.3, -0.25) is 4.79 Å². The van der Waals surface area contributed by atoms with E-state index < -0.39 is 0 Å². The molecule has 0 atom stereocenters. The van der Waals surface area contributed by atoms with Crippen LogP contribution in [0.2, 0.25) is 0 Å². The van der Waals surface area contributed by atoms with Crippen molar-refractivity contribution in [3.05, 3.63) is 23.2 Å². The second kappa shape index (κ2) is 5.40. The smallest absolute Gasteiger partial charge is 0.266 e. The molecule has 20 heavy (non-hydrogen) atoms. The van der Waals surface area contributed by atoms with Crippen LogP contribution < -0.4 is 5.73 Å². The van der Waals surface area contributed by atoms with Crippen molar-refractivity contribution in [2.45, 2.75) is 26.2 Å². The first-order valence-electron chi connectivity index (χ1n) is 7.13. The minimum atomic E-state index is 0.0555. The molecule has 1 saturated carbocycles. The van der Waals surface area contributed by atoms with E-state index in [4.69, 9.17) is 5.73 Å². The number of amides is 1. The summed E-state index contributed by atoms with van der Waals surface area (Å²) in [4.78, 5) is 20.4. The fourth-order valence-corrected chi connectivity index (χ4v) is 3.63. The predicted molar refractivity (Wildman–Crippen MR) is 83.0 cm³/mol. The quantitative estimate of drug-likeness (QED) is 0.940. The second-order valence-electron chi connectivity index (χ2n) is 5.34. The first-order valence-corrected chi connectivity index (χ1v) is 7.94. The highest BCUT2D eigenvalue weighted by atomic mass is 32.1. The van der Waals surface area contributed by atoms with E-state index in [2.05, 4.69) is 4.98 Å². The van der Waals surface area contributed by atoms with Crippen LogP contribution in [-0.4, -0.2) is 28.9 Å². The Morgan fingerprint density at radius 2 is 2.35 bits per heavy atom. The maximum absolute atomic E-state index is 12.7. The van der Waals surface area contributed by atoms with Gasteiger partial charge in [-0.1, -0.05) is 6.42 Å². The van der Waals surface area contributed by atoms with Crippen molar-refractivity contribution in [1.82, 2.24) is 9.88 Å². The molecule has 0 aromatic carbocycles. The number of nitrogens with zero attached hydrogens (tertiary/aromatic N) is 2. The number of pyridine rings is 1. The Bertz CT molecular complexity index is 633. The number of aromatic nitrogens is 1. The van der Waals surface area contributed by atoms with E-state index in [-0.39, 0.29) is 5.91 Å². The number of thiophene rings is 1. The molecule has 106 valence electrons. The zero-order chi connectivity index (χ0) is 14.1. The maximum atomic E-state index is 12.7. The summed E-state index contributed by atoms with van der Waals surface area (Å²) in [6.45, 7) is 3.62. The topological polar surface area (TPSA) is 59.2 Å². The number of anilines is 1. The van der Waals surface area contributed by atoms with E-state index in [0.717, 1.165) is 23.3 Å². The average molecular weight is 289 g/mol. The summed E-state index contributed by atoms with van der Waals surface area (Å²) in [7, 11) is 0.